The van der Waals surface area contributed by atoms with Crippen LogP contribution in [0.3, 0.4) is 0 Å². The van der Waals surface area contributed by atoms with Gasteiger partial charge in [0.2, 0.25) is 0 Å². The molecule has 2 N–H and O–H groups in total. The lowest BCUT2D eigenvalue weighted by Crippen LogP contribution is -2.66. The predicted molar refractivity (Wildman–Crippen MR) is 109 cm³/mol. The Kier molecular flexibility index (Phi) is 3.87. The third kappa shape index (κ3) is 2.04. The van der Waals surface area contributed by atoms with E-state index in [1.54, 1.807) is 0 Å². The van der Waals surface area contributed by atoms with Crippen molar-refractivity contribution < 1.29 is 14.9 Å². The molecule has 2 aliphatic heterocycles. The molecule has 3 aliphatic carbocycles. The van der Waals surface area contributed by atoms with Crippen molar-refractivity contribution in [2.45, 2.75) is 74.9 Å². The van der Waals surface area contributed by atoms with Crippen LogP contribution >= 0.6 is 22.6 Å². The first kappa shape index (κ1) is 18.1. The topological polar surface area (TPSA) is 52.9 Å². The molecule has 5 aliphatic rings. The van der Waals surface area contributed by atoms with Gasteiger partial charge in [-0.3, -0.25) is 0 Å². The number of aliphatic hydroxyl groups is 2. The molecule has 3 fully saturated rings. The molecule has 0 aromatic rings. The molecular weight excluding hydrogens is 441 g/mol. The Bertz CT molecular complexity index is 705. The molecule has 0 radical (unpaired) electrons. The first-order valence-electron chi connectivity index (χ1n) is 10.0. The summed E-state index contributed by atoms with van der Waals surface area (Å²) in [4.78, 5) is 2.06. The fraction of sp³-hybridized carbons (Fsp3) is 0.810. The second-order valence-corrected chi connectivity index (χ2v) is 10.9. The lowest BCUT2D eigenvalue weighted by Gasteiger charge is -2.59. The number of halogens is 1. The predicted octanol–water partition coefficient (Wildman–Crippen LogP) is 3.03. The van der Waals surface area contributed by atoms with E-state index in [9.17, 15) is 10.2 Å². The molecule has 26 heavy (non-hydrogen) atoms. The Balaban J connectivity index is 1.57. The summed E-state index contributed by atoms with van der Waals surface area (Å²) in [5.41, 5.74) is 1.19. The van der Waals surface area contributed by atoms with Crippen molar-refractivity contribution >= 4 is 22.6 Å². The third-order valence-electron chi connectivity index (χ3n) is 8.52. The Morgan fingerprint density at radius 3 is 2.69 bits per heavy atom. The van der Waals surface area contributed by atoms with E-state index < -0.39 is 12.2 Å². The number of likely N-dealkylation sites (N-methyl/N-ethyl adjacent to an activating group) is 1. The Morgan fingerprint density at radius 1 is 1.19 bits per heavy atom. The SMILES string of the molecule is CN(C)[C@H]1C[C@@]23CC[C@@]4(O2)C(=CC[C@]2(C)C(I)=CC[C@H]24)CC3[C@@H](O)[C@@H]1O. The molecule has 8 atom stereocenters. The summed E-state index contributed by atoms with van der Waals surface area (Å²) < 4.78 is 8.59. The summed E-state index contributed by atoms with van der Waals surface area (Å²) in [7, 11) is 3.99. The van der Waals surface area contributed by atoms with E-state index in [-0.39, 0.29) is 28.6 Å². The fourth-order valence-electron chi connectivity index (χ4n) is 6.99. The molecular formula is C21H30INO3. The molecule has 2 spiro atoms. The van der Waals surface area contributed by atoms with Crippen LogP contribution in [0, 0.1) is 17.3 Å². The van der Waals surface area contributed by atoms with Crippen molar-refractivity contribution in [3.63, 3.8) is 0 Å². The zero-order chi connectivity index (χ0) is 18.5. The molecule has 0 amide bonds. The number of allylic oxidation sites excluding steroid dienone is 3. The first-order chi connectivity index (χ1) is 12.2. The normalized spacial score (nSPS) is 55.1. The van der Waals surface area contributed by atoms with Gasteiger partial charge in [0.05, 0.1) is 23.4 Å². The van der Waals surface area contributed by atoms with Crippen molar-refractivity contribution in [1.82, 2.24) is 4.90 Å². The Hall–Kier alpha value is 0.0500. The van der Waals surface area contributed by atoms with Crippen LogP contribution < -0.4 is 0 Å². The van der Waals surface area contributed by atoms with Crippen LogP contribution in [-0.4, -0.2) is 58.7 Å². The van der Waals surface area contributed by atoms with Gasteiger partial charge in [-0.05, 0) is 84.4 Å². The van der Waals surface area contributed by atoms with Crippen LogP contribution in [0.1, 0.15) is 45.4 Å². The Labute approximate surface area is 169 Å². The van der Waals surface area contributed by atoms with Gasteiger partial charge in [0.15, 0.2) is 0 Å². The molecule has 2 bridgehead atoms. The van der Waals surface area contributed by atoms with Crippen LogP contribution in [-0.2, 0) is 4.74 Å². The van der Waals surface area contributed by atoms with Crippen LogP contribution in [0.5, 0.6) is 0 Å². The summed E-state index contributed by atoms with van der Waals surface area (Å²) >= 11 is 2.53. The molecule has 0 aromatic heterocycles. The smallest absolute Gasteiger partial charge is 0.0958 e. The summed E-state index contributed by atoms with van der Waals surface area (Å²) in [5, 5.41) is 21.7. The lowest BCUT2D eigenvalue weighted by atomic mass is 9.59. The van der Waals surface area contributed by atoms with Crippen LogP contribution in [0.2, 0.25) is 0 Å². The van der Waals surface area contributed by atoms with Crippen molar-refractivity contribution in [3.8, 4) is 0 Å². The van der Waals surface area contributed by atoms with Gasteiger partial charge >= 0.3 is 0 Å². The number of hydrogen-bond acceptors (Lipinski definition) is 4. The molecule has 2 saturated heterocycles. The monoisotopic (exact) mass is 471 g/mol. The van der Waals surface area contributed by atoms with Crippen molar-refractivity contribution in [2.75, 3.05) is 14.1 Å². The molecule has 2 heterocycles. The van der Waals surface area contributed by atoms with E-state index in [0.717, 1.165) is 38.5 Å². The fourth-order valence-corrected chi connectivity index (χ4v) is 7.84. The zero-order valence-electron chi connectivity index (χ0n) is 15.9. The van der Waals surface area contributed by atoms with Crippen molar-refractivity contribution in [1.29, 1.82) is 0 Å². The quantitative estimate of drug-likeness (QED) is 0.456. The molecule has 1 saturated carbocycles. The van der Waals surface area contributed by atoms with Gasteiger partial charge in [-0.1, -0.05) is 19.1 Å². The minimum Gasteiger partial charge on any atom is -0.390 e. The average molecular weight is 471 g/mol. The van der Waals surface area contributed by atoms with Crippen molar-refractivity contribution in [2.24, 2.45) is 17.3 Å². The van der Waals surface area contributed by atoms with Gasteiger partial charge in [0.25, 0.3) is 0 Å². The van der Waals surface area contributed by atoms with E-state index in [4.69, 9.17) is 4.74 Å². The summed E-state index contributed by atoms with van der Waals surface area (Å²) in [6.07, 6.45) is 9.40. The maximum absolute atomic E-state index is 11.0. The van der Waals surface area contributed by atoms with Gasteiger partial charge in [-0.2, -0.15) is 0 Å². The van der Waals surface area contributed by atoms with Gasteiger partial charge in [0, 0.05) is 23.3 Å². The zero-order valence-corrected chi connectivity index (χ0v) is 18.1. The van der Waals surface area contributed by atoms with Gasteiger partial charge < -0.3 is 19.8 Å². The molecule has 144 valence electrons. The largest absolute Gasteiger partial charge is 0.390 e. The molecule has 0 aromatic carbocycles. The molecule has 5 rings (SSSR count). The van der Waals surface area contributed by atoms with Crippen LogP contribution in [0.25, 0.3) is 0 Å². The minimum absolute atomic E-state index is 0.0216. The van der Waals surface area contributed by atoms with E-state index in [1.807, 2.05) is 14.1 Å². The highest BCUT2D eigenvalue weighted by atomic mass is 127. The van der Waals surface area contributed by atoms with Crippen LogP contribution in [0.4, 0.5) is 0 Å². The summed E-state index contributed by atoms with van der Waals surface area (Å²) in [5.74, 6) is 0.539. The number of fused-ring (bicyclic) bond motifs is 1. The van der Waals surface area contributed by atoms with Crippen LogP contribution in [0.15, 0.2) is 21.3 Å². The number of nitrogens with zero attached hydrogens (tertiary/aromatic N) is 1. The molecule has 1 unspecified atom stereocenters. The average Bonchev–Trinajstić information content (AvgIpc) is 3.07. The summed E-state index contributed by atoms with van der Waals surface area (Å²) in [6, 6.07) is -0.0428. The number of aliphatic hydroxyl groups excluding tert-OH is 2. The van der Waals surface area contributed by atoms with E-state index in [1.165, 1.54) is 9.15 Å². The van der Waals surface area contributed by atoms with Gasteiger partial charge in [-0.25, -0.2) is 0 Å². The maximum atomic E-state index is 11.0. The Morgan fingerprint density at radius 2 is 1.96 bits per heavy atom. The van der Waals surface area contributed by atoms with E-state index >= 15 is 0 Å². The highest BCUT2D eigenvalue weighted by Gasteiger charge is 2.69. The molecule has 5 heteroatoms. The first-order valence-corrected chi connectivity index (χ1v) is 11.1. The second kappa shape index (κ2) is 5.56. The van der Waals surface area contributed by atoms with Gasteiger partial charge in [0.1, 0.15) is 0 Å². The third-order valence-corrected chi connectivity index (χ3v) is 10.2. The lowest BCUT2D eigenvalue weighted by molar-refractivity contribution is -0.238. The maximum Gasteiger partial charge on any atom is 0.0958 e. The minimum atomic E-state index is -0.705. The van der Waals surface area contributed by atoms with E-state index in [2.05, 4.69) is 46.6 Å². The second-order valence-electron chi connectivity index (χ2n) is 9.77. The van der Waals surface area contributed by atoms with Crippen molar-refractivity contribution in [3.05, 3.63) is 21.3 Å². The van der Waals surface area contributed by atoms with Gasteiger partial charge in [-0.15, -0.1) is 0 Å². The highest BCUT2D eigenvalue weighted by molar-refractivity contribution is 14.1. The highest BCUT2D eigenvalue weighted by Crippen LogP contribution is 2.68. The van der Waals surface area contributed by atoms with E-state index in [0.29, 0.717) is 5.92 Å². The standard InChI is InChI=1S/C21H30INO3/c1-19-7-6-12-10-13-17(24)18(25)14(23(2)3)11-20(13)8-9-21(12,26-20)15(19)4-5-16(19)22/h5-6,13-15,17-18,24-25H,4,7-11H2,1-3H3/t13?,14-,15+,17+,18+,19-,20+,21+/m0/s1. The summed E-state index contributed by atoms with van der Waals surface area (Å²) in [6.45, 7) is 2.41. The number of ether oxygens (including phenoxy) is 1. The number of hydrogen-bond donors (Lipinski definition) is 2. The number of rotatable bonds is 1. The molecule has 4 nitrogen and oxygen atoms in total.